The summed E-state index contributed by atoms with van der Waals surface area (Å²) in [5.74, 6) is 0. The zero-order chi connectivity index (χ0) is 10.4. The van der Waals surface area contributed by atoms with E-state index in [2.05, 4.69) is 5.32 Å². The SMILES string of the molecule is NC(=S)Nc1ccccc1C=CC=O. The van der Waals surface area contributed by atoms with Crippen LogP contribution in [0.4, 0.5) is 5.69 Å². The number of nitrogens with one attached hydrogen (secondary N) is 1. The predicted molar refractivity (Wildman–Crippen MR) is 61.9 cm³/mol. The van der Waals surface area contributed by atoms with Crippen LogP contribution in [0.25, 0.3) is 6.08 Å². The summed E-state index contributed by atoms with van der Waals surface area (Å²) in [7, 11) is 0. The Labute approximate surface area is 87.6 Å². The van der Waals surface area contributed by atoms with Gasteiger partial charge in [-0.3, -0.25) is 4.79 Å². The molecule has 0 amide bonds. The molecule has 1 rings (SSSR count). The molecule has 0 unspecified atom stereocenters. The number of para-hydroxylation sites is 1. The second-order valence-corrected chi connectivity index (χ2v) is 3.01. The minimum atomic E-state index is 0.206. The van der Waals surface area contributed by atoms with Gasteiger partial charge >= 0.3 is 0 Å². The number of hydrogen-bond donors (Lipinski definition) is 2. The average molecular weight is 206 g/mol. The minimum Gasteiger partial charge on any atom is -0.376 e. The molecule has 4 heteroatoms. The summed E-state index contributed by atoms with van der Waals surface area (Å²) in [5, 5.41) is 3.03. The second kappa shape index (κ2) is 5.14. The van der Waals surface area contributed by atoms with E-state index in [-0.39, 0.29) is 5.11 Å². The van der Waals surface area contributed by atoms with Gasteiger partial charge in [-0.1, -0.05) is 18.2 Å². The molecular formula is C10H10N2OS. The largest absolute Gasteiger partial charge is 0.376 e. The van der Waals surface area contributed by atoms with E-state index >= 15 is 0 Å². The standard InChI is InChI=1S/C10H10N2OS/c11-10(14)12-9-6-2-1-4-8(9)5-3-7-13/h1-7H,(H3,11,12,14). The first kappa shape index (κ1) is 10.4. The molecule has 0 spiro atoms. The smallest absolute Gasteiger partial charge is 0.168 e. The van der Waals surface area contributed by atoms with Crippen LogP contribution in [0.1, 0.15) is 5.56 Å². The molecule has 0 radical (unpaired) electrons. The maximum atomic E-state index is 10.2. The number of rotatable bonds is 3. The van der Waals surface area contributed by atoms with Crippen LogP contribution in [0, 0.1) is 0 Å². The average Bonchev–Trinajstić information content (AvgIpc) is 2.16. The molecule has 0 atom stereocenters. The Balaban J connectivity index is 2.96. The van der Waals surface area contributed by atoms with E-state index in [0.717, 1.165) is 17.5 Å². The van der Waals surface area contributed by atoms with E-state index in [4.69, 9.17) is 18.0 Å². The van der Waals surface area contributed by atoms with E-state index in [1.807, 2.05) is 24.3 Å². The van der Waals surface area contributed by atoms with Gasteiger partial charge in [-0.15, -0.1) is 0 Å². The molecular weight excluding hydrogens is 196 g/mol. The fraction of sp³-hybridized carbons (Fsp3) is 0. The first-order valence-electron chi connectivity index (χ1n) is 4.01. The molecule has 3 nitrogen and oxygen atoms in total. The Hall–Kier alpha value is -1.68. The highest BCUT2D eigenvalue weighted by Gasteiger charge is 1.97. The second-order valence-electron chi connectivity index (χ2n) is 2.57. The number of carbonyl (C=O) groups is 1. The lowest BCUT2D eigenvalue weighted by Gasteiger charge is -2.06. The summed E-state index contributed by atoms with van der Waals surface area (Å²) >= 11 is 4.72. The van der Waals surface area contributed by atoms with Gasteiger partial charge in [0.2, 0.25) is 0 Å². The molecule has 0 aliphatic carbocycles. The van der Waals surface area contributed by atoms with Crippen LogP contribution in [-0.2, 0) is 4.79 Å². The normalized spacial score (nSPS) is 10.0. The highest BCUT2D eigenvalue weighted by Crippen LogP contribution is 2.15. The lowest BCUT2D eigenvalue weighted by Crippen LogP contribution is -2.19. The Kier molecular flexibility index (Phi) is 3.82. The van der Waals surface area contributed by atoms with Crippen LogP contribution >= 0.6 is 12.2 Å². The van der Waals surface area contributed by atoms with Crippen LogP contribution in [0.5, 0.6) is 0 Å². The molecule has 14 heavy (non-hydrogen) atoms. The van der Waals surface area contributed by atoms with Gasteiger partial charge in [0, 0.05) is 5.69 Å². The summed E-state index contributed by atoms with van der Waals surface area (Å²) in [4.78, 5) is 10.2. The number of allylic oxidation sites excluding steroid dienone is 1. The molecule has 3 N–H and O–H groups in total. The Bertz CT molecular complexity index is 374. The zero-order valence-electron chi connectivity index (χ0n) is 7.44. The fourth-order valence-electron chi connectivity index (χ4n) is 1.03. The van der Waals surface area contributed by atoms with Crippen molar-refractivity contribution in [2.45, 2.75) is 0 Å². The minimum absolute atomic E-state index is 0.206. The first-order chi connectivity index (χ1) is 6.74. The third-order valence-electron chi connectivity index (χ3n) is 1.57. The quantitative estimate of drug-likeness (QED) is 0.447. The third-order valence-corrected chi connectivity index (χ3v) is 1.68. The van der Waals surface area contributed by atoms with Crippen molar-refractivity contribution in [2.75, 3.05) is 5.32 Å². The Morgan fingerprint density at radius 2 is 2.14 bits per heavy atom. The van der Waals surface area contributed by atoms with Gasteiger partial charge in [0.1, 0.15) is 6.29 Å². The molecule has 0 aliphatic rings. The fourth-order valence-corrected chi connectivity index (χ4v) is 1.14. The van der Waals surface area contributed by atoms with Crippen molar-refractivity contribution in [3.8, 4) is 0 Å². The number of anilines is 1. The highest BCUT2D eigenvalue weighted by atomic mass is 32.1. The van der Waals surface area contributed by atoms with Crippen LogP contribution in [0.15, 0.2) is 30.3 Å². The number of aldehydes is 1. The number of benzene rings is 1. The summed E-state index contributed by atoms with van der Waals surface area (Å²) in [6, 6.07) is 7.43. The number of hydrogen-bond acceptors (Lipinski definition) is 2. The molecule has 1 aromatic rings. The van der Waals surface area contributed by atoms with E-state index in [0.29, 0.717) is 0 Å². The number of nitrogens with two attached hydrogens (primary N) is 1. The molecule has 0 bridgehead atoms. The van der Waals surface area contributed by atoms with E-state index < -0.39 is 0 Å². The lowest BCUT2D eigenvalue weighted by molar-refractivity contribution is -0.104. The van der Waals surface area contributed by atoms with Gasteiger partial charge in [-0.05, 0) is 36.0 Å². The van der Waals surface area contributed by atoms with E-state index in [1.165, 1.54) is 6.08 Å². The molecule has 0 saturated heterocycles. The summed E-state index contributed by atoms with van der Waals surface area (Å²) in [5.41, 5.74) is 7.01. The van der Waals surface area contributed by atoms with Crippen LogP contribution in [0.2, 0.25) is 0 Å². The van der Waals surface area contributed by atoms with Crippen molar-refractivity contribution in [3.05, 3.63) is 35.9 Å². The molecule has 0 fully saturated rings. The van der Waals surface area contributed by atoms with Crippen molar-refractivity contribution in [1.82, 2.24) is 0 Å². The van der Waals surface area contributed by atoms with Crippen molar-refractivity contribution in [3.63, 3.8) is 0 Å². The molecule has 72 valence electrons. The monoisotopic (exact) mass is 206 g/mol. The van der Waals surface area contributed by atoms with Crippen molar-refractivity contribution >= 4 is 35.4 Å². The molecule has 0 aromatic heterocycles. The number of thiocarbonyl (C=S) groups is 1. The summed E-state index contributed by atoms with van der Waals surface area (Å²) < 4.78 is 0. The van der Waals surface area contributed by atoms with E-state index in [9.17, 15) is 4.79 Å². The molecule has 0 heterocycles. The summed E-state index contributed by atoms with van der Waals surface area (Å²) in [6.45, 7) is 0. The van der Waals surface area contributed by atoms with Gasteiger partial charge in [-0.25, -0.2) is 0 Å². The van der Waals surface area contributed by atoms with E-state index in [1.54, 1.807) is 6.08 Å². The van der Waals surface area contributed by atoms with Gasteiger partial charge in [0.15, 0.2) is 5.11 Å². The predicted octanol–water partition coefficient (Wildman–Crippen LogP) is 1.55. The summed E-state index contributed by atoms with van der Waals surface area (Å²) in [6.07, 6.45) is 3.82. The Morgan fingerprint density at radius 1 is 1.43 bits per heavy atom. The lowest BCUT2D eigenvalue weighted by atomic mass is 10.1. The van der Waals surface area contributed by atoms with Gasteiger partial charge in [-0.2, -0.15) is 0 Å². The maximum absolute atomic E-state index is 10.2. The van der Waals surface area contributed by atoms with Crippen LogP contribution in [0.3, 0.4) is 0 Å². The van der Waals surface area contributed by atoms with Crippen molar-refractivity contribution < 1.29 is 4.79 Å². The third kappa shape index (κ3) is 2.99. The van der Waals surface area contributed by atoms with Crippen LogP contribution in [-0.4, -0.2) is 11.4 Å². The van der Waals surface area contributed by atoms with Gasteiger partial charge in [0.25, 0.3) is 0 Å². The van der Waals surface area contributed by atoms with Crippen molar-refractivity contribution in [1.29, 1.82) is 0 Å². The Morgan fingerprint density at radius 3 is 2.79 bits per heavy atom. The van der Waals surface area contributed by atoms with Gasteiger partial charge in [0.05, 0.1) is 0 Å². The topological polar surface area (TPSA) is 55.1 Å². The molecule has 0 saturated carbocycles. The molecule has 1 aromatic carbocycles. The van der Waals surface area contributed by atoms with Crippen LogP contribution < -0.4 is 11.1 Å². The van der Waals surface area contributed by atoms with Gasteiger partial charge < -0.3 is 11.1 Å². The zero-order valence-corrected chi connectivity index (χ0v) is 8.25. The first-order valence-corrected chi connectivity index (χ1v) is 4.42. The number of carbonyl (C=O) groups excluding carboxylic acids is 1. The molecule has 0 aliphatic heterocycles. The maximum Gasteiger partial charge on any atom is 0.168 e. The van der Waals surface area contributed by atoms with Crippen molar-refractivity contribution in [2.24, 2.45) is 5.73 Å². The highest BCUT2D eigenvalue weighted by molar-refractivity contribution is 7.80.